The number of hydrogen-bond donors (Lipinski definition) is 0. The third-order valence-electron chi connectivity index (χ3n) is 5.13. The van der Waals surface area contributed by atoms with Crippen LogP contribution < -0.4 is 0 Å². The lowest BCUT2D eigenvalue weighted by molar-refractivity contribution is 0.0827. The van der Waals surface area contributed by atoms with Crippen molar-refractivity contribution in [3.63, 3.8) is 0 Å². The molecule has 0 bridgehead atoms. The molecule has 5 heteroatoms. The van der Waals surface area contributed by atoms with Crippen molar-refractivity contribution in [1.82, 2.24) is 9.88 Å². The van der Waals surface area contributed by atoms with E-state index in [2.05, 4.69) is 83.2 Å². The second-order valence-corrected chi connectivity index (χ2v) is 9.65. The minimum absolute atomic E-state index is 0.0745. The fourth-order valence-electron chi connectivity index (χ4n) is 3.58. The molecular formula is C27H24N2OS2. The number of aromatic nitrogens is 1. The smallest absolute Gasteiger partial charge is 0.282 e. The summed E-state index contributed by atoms with van der Waals surface area (Å²) in [7, 11) is 3.48. The normalized spacial score (nSPS) is 11.6. The van der Waals surface area contributed by atoms with E-state index in [4.69, 9.17) is 0 Å². The van der Waals surface area contributed by atoms with E-state index in [0.717, 1.165) is 4.88 Å². The van der Waals surface area contributed by atoms with Gasteiger partial charge in [0.15, 0.2) is 5.01 Å². The summed E-state index contributed by atoms with van der Waals surface area (Å²) in [4.78, 5) is 19.0. The largest absolute Gasteiger partial charge is 0.343 e. The monoisotopic (exact) mass is 456 g/mol. The number of thiazole rings is 1. The van der Waals surface area contributed by atoms with Crippen molar-refractivity contribution in [2.24, 2.45) is 0 Å². The molecule has 3 nitrogen and oxygen atoms in total. The predicted molar refractivity (Wildman–Crippen MR) is 136 cm³/mol. The first kappa shape index (κ1) is 22.1. The van der Waals surface area contributed by atoms with Crippen molar-refractivity contribution in [2.45, 2.75) is 4.75 Å². The number of benzene rings is 3. The molecule has 4 aromatic rings. The fraction of sp³-hybridized carbons (Fsp3) is 0.111. The highest BCUT2D eigenvalue weighted by Gasteiger charge is 2.36. The van der Waals surface area contributed by atoms with E-state index in [-0.39, 0.29) is 5.91 Å². The van der Waals surface area contributed by atoms with Crippen LogP contribution in [0.2, 0.25) is 0 Å². The Bertz CT molecular complexity index is 1090. The van der Waals surface area contributed by atoms with Crippen molar-refractivity contribution in [3.05, 3.63) is 129 Å². The number of carbonyl (C=O) groups is 1. The molecule has 1 amide bonds. The highest BCUT2D eigenvalue weighted by molar-refractivity contribution is 8.03. The Kier molecular flexibility index (Phi) is 6.88. The maximum Gasteiger partial charge on any atom is 0.282 e. The van der Waals surface area contributed by atoms with Gasteiger partial charge in [0.25, 0.3) is 5.91 Å². The van der Waals surface area contributed by atoms with Gasteiger partial charge in [0.05, 0.1) is 4.75 Å². The Hall–Kier alpha value is -3.15. The van der Waals surface area contributed by atoms with E-state index in [9.17, 15) is 4.79 Å². The zero-order valence-corrected chi connectivity index (χ0v) is 19.6. The number of nitrogens with zero attached hydrogens (tertiary/aromatic N) is 2. The van der Waals surface area contributed by atoms with Crippen LogP contribution in [0.3, 0.4) is 0 Å². The van der Waals surface area contributed by atoms with Crippen LogP contribution in [0.5, 0.6) is 0 Å². The molecule has 0 atom stereocenters. The van der Waals surface area contributed by atoms with Crippen molar-refractivity contribution in [3.8, 4) is 0 Å². The van der Waals surface area contributed by atoms with E-state index in [1.54, 1.807) is 37.0 Å². The Morgan fingerprint density at radius 3 is 1.75 bits per heavy atom. The van der Waals surface area contributed by atoms with Gasteiger partial charge in [-0.25, -0.2) is 4.98 Å². The van der Waals surface area contributed by atoms with E-state index < -0.39 is 4.75 Å². The molecule has 0 aliphatic rings. The summed E-state index contributed by atoms with van der Waals surface area (Å²) >= 11 is 3.15. The summed E-state index contributed by atoms with van der Waals surface area (Å²) in [6.07, 6.45) is 3.80. The molecule has 0 aliphatic carbocycles. The van der Waals surface area contributed by atoms with Crippen LogP contribution in [-0.4, -0.2) is 29.9 Å². The minimum atomic E-state index is -0.409. The average molecular weight is 457 g/mol. The van der Waals surface area contributed by atoms with Gasteiger partial charge in [-0.15, -0.1) is 23.1 Å². The molecule has 0 radical (unpaired) electrons. The Balaban J connectivity index is 1.77. The SMILES string of the molecule is CN(C)C(=O)c1ncc(/C=C\SC(c2ccccc2)(c2ccccc2)c2ccccc2)s1. The third-order valence-corrected chi connectivity index (χ3v) is 7.41. The average Bonchev–Trinajstić information content (AvgIpc) is 3.32. The summed E-state index contributed by atoms with van der Waals surface area (Å²) in [6, 6.07) is 31.7. The Labute approximate surface area is 197 Å². The molecule has 1 aromatic heterocycles. The summed E-state index contributed by atoms with van der Waals surface area (Å²) in [5, 5.41) is 2.62. The fourth-order valence-corrected chi connectivity index (χ4v) is 5.74. The summed E-state index contributed by atoms with van der Waals surface area (Å²) in [6.45, 7) is 0. The lowest BCUT2D eigenvalue weighted by Gasteiger charge is -2.34. The van der Waals surface area contributed by atoms with Crippen molar-refractivity contribution in [1.29, 1.82) is 0 Å². The molecule has 0 aliphatic heterocycles. The molecule has 1 heterocycles. The summed E-state index contributed by atoms with van der Waals surface area (Å²) in [5.74, 6) is -0.0745. The first-order valence-electron chi connectivity index (χ1n) is 10.3. The van der Waals surface area contributed by atoms with Crippen molar-refractivity contribution in [2.75, 3.05) is 14.1 Å². The number of carbonyl (C=O) groups excluding carboxylic acids is 1. The van der Waals surface area contributed by atoms with Gasteiger partial charge in [-0.2, -0.15) is 0 Å². The number of thioether (sulfide) groups is 1. The van der Waals surface area contributed by atoms with Gasteiger partial charge in [0, 0.05) is 25.2 Å². The molecule has 0 spiro atoms. The predicted octanol–water partition coefficient (Wildman–Crippen LogP) is 6.54. The number of hydrogen-bond acceptors (Lipinski definition) is 4. The highest BCUT2D eigenvalue weighted by Crippen LogP contribution is 2.49. The third kappa shape index (κ3) is 4.54. The standard InChI is InChI=1S/C27H24N2OS2/c1-29(2)26(30)25-28-20-24(32-25)18-19-31-27(21-12-6-3-7-13-21,22-14-8-4-9-15-22)23-16-10-5-11-17-23/h3-20H,1-2H3/b19-18-. The molecule has 32 heavy (non-hydrogen) atoms. The van der Waals surface area contributed by atoms with E-state index in [1.165, 1.54) is 28.0 Å². The van der Waals surface area contributed by atoms with Crippen molar-refractivity contribution >= 4 is 35.1 Å². The molecule has 4 rings (SSSR count). The van der Waals surface area contributed by atoms with Crippen LogP contribution >= 0.6 is 23.1 Å². The van der Waals surface area contributed by atoms with Gasteiger partial charge in [0.1, 0.15) is 0 Å². The molecular weight excluding hydrogens is 432 g/mol. The van der Waals surface area contributed by atoms with Gasteiger partial charge in [0.2, 0.25) is 0 Å². The first-order chi connectivity index (χ1) is 15.6. The van der Waals surface area contributed by atoms with Crippen LogP contribution in [0.4, 0.5) is 0 Å². The molecule has 160 valence electrons. The Morgan fingerprint density at radius 2 is 1.31 bits per heavy atom. The minimum Gasteiger partial charge on any atom is -0.343 e. The number of rotatable bonds is 7. The van der Waals surface area contributed by atoms with Gasteiger partial charge < -0.3 is 4.90 Å². The van der Waals surface area contributed by atoms with Crippen LogP contribution in [0.25, 0.3) is 6.08 Å². The van der Waals surface area contributed by atoms with Gasteiger partial charge in [-0.1, -0.05) is 91.0 Å². The van der Waals surface area contributed by atoms with E-state index in [1.807, 2.05) is 24.3 Å². The maximum absolute atomic E-state index is 12.2. The van der Waals surface area contributed by atoms with Gasteiger partial charge in [-0.05, 0) is 28.2 Å². The second-order valence-electron chi connectivity index (χ2n) is 7.47. The molecule has 0 fully saturated rings. The summed E-state index contributed by atoms with van der Waals surface area (Å²) in [5.41, 5.74) is 3.62. The lowest BCUT2D eigenvalue weighted by atomic mass is 9.84. The van der Waals surface area contributed by atoms with E-state index in [0.29, 0.717) is 5.01 Å². The van der Waals surface area contributed by atoms with Gasteiger partial charge in [-0.3, -0.25) is 4.79 Å². The highest BCUT2D eigenvalue weighted by atomic mass is 32.2. The topological polar surface area (TPSA) is 33.2 Å². The first-order valence-corrected chi connectivity index (χ1v) is 12.0. The molecule has 0 saturated carbocycles. The van der Waals surface area contributed by atoms with E-state index >= 15 is 0 Å². The number of amides is 1. The van der Waals surface area contributed by atoms with Gasteiger partial charge >= 0.3 is 0 Å². The molecule has 0 saturated heterocycles. The van der Waals surface area contributed by atoms with Crippen LogP contribution in [0.15, 0.2) is 103 Å². The zero-order valence-electron chi connectivity index (χ0n) is 18.0. The lowest BCUT2D eigenvalue weighted by Crippen LogP contribution is -2.24. The maximum atomic E-state index is 12.2. The second kappa shape index (κ2) is 9.98. The molecule has 0 N–H and O–H groups in total. The Morgan fingerprint density at radius 1 is 0.844 bits per heavy atom. The zero-order chi connectivity index (χ0) is 22.4. The molecule has 3 aromatic carbocycles. The van der Waals surface area contributed by atoms with Crippen LogP contribution in [0, 0.1) is 0 Å². The molecule has 0 unspecified atom stereocenters. The quantitative estimate of drug-likeness (QED) is 0.296. The summed E-state index contributed by atoms with van der Waals surface area (Å²) < 4.78 is -0.409. The van der Waals surface area contributed by atoms with Crippen LogP contribution in [0.1, 0.15) is 31.4 Å². The van der Waals surface area contributed by atoms with Crippen LogP contribution in [-0.2, 0) is 4.75 Å². The van der Waals surface area contributed by atoms with Crippen molar-refractivity contribution < 1.29 is 4.79 Å².